The summed E-state index contributed by atoms with van der Waals surface area (Å²) in [5, 5.41) is 20.5. The van der Waals surface area contributed by atoms with Crippen LogP contribution < -0.4 is 5.46 Å². The molecular formula is C66H89BN4O4. The lowest BCUT2D eigenvalue weighted by molar-refractivity contribution is -0.226. The number of ether oxygens (including phenoxy) is 2. The number of allylic oxidation sites excluding steroid dienone is 4. The molecule has 2 aromatic carbocycles. The minimum absolute atomic E-state index is 0.0148. The van der Waals surface area contributed by atoms with E-state index in [1.807, 2.05) is 24.3 Å². The molecule has 5 aromatic rings. The molecule has 3 aromatic heterocycles. The Morgan fingerprint density at radius 3 is 1.35 bits per heavy atom. The molecule has 3 aliphatic rings. The molecule has 4 N–H and O–H groups in total. The quantitative estimate of drug-likeness (QED) is 0.0361. The van der Waals surface area contributed by atoms with Gasteiger partial charge in [-0.1, -0.05) is 167 Å². The van der Waals surface area contributed by atoms with Crippen molar-refractivity contribution in [2.45, 2.75) is 204 Å². The zero-order valence-electron chi connectivity index (χ0n) is 47.6. The molecular weight excluding hydrogens is 924 g/mol. The van der Waals surface area contributed by atoms with E-state index in [1.165, 1.54) is 127 Å². The van der Waals surface area contributed by atoms with E-state index in [9.17, 15) is 10.0 Å². The number of hydrogen-bond acceptors (Lipinski definition) is 6. The zero-order valence-corrected chi connectivity index (χ0v) is 47.6. The van der Waals surface area contributed by atoms with Crippen molar-refractivity contribution in [1.29, 1.82) is 0 Å². The number of aromatic amines is 2. The van der Waals surface area contributed by atoms with Gasteiger partial charge >= 0.3 is 7.12 Å². The number of rotatable bonds is 24. The maximum absolute atomic E-state index is 10.3. The van der Waals surface area contributed by atoms with Crippen LogP contribution in [0.1, 0.15) is 228 Å². The fraction of sp³-hybridized carbons (Fsp3) is 0.515. The van der Waals surface area contributed by atoms with Gasteiger partial charge in [0.1, 0.15) is 0 Å². The fourth-order valence-electron chi connectivity index (χ4n) is 11.8. The standard InChI is InChI=1S/C66H89BN4O4/c1-11-15-19-23-27-51-43(5)61-59(47-31-33-49(34-32-47)65-74-41-66(9,10)42-75-65)62-44(6)52(28-24-20-16-12-2)56(69-62)40-58-54(30-26-22-18-14-4)46(8)64(71-58)60(48-35-37-50(38-36-48)67(72)73)63-45(7)53(29-25-21-17-13-3)57(70-63)39-55(51)68-61/h31-40,65,68-69,72-73H,11-30,41-42H2,1-10H3. The number of aromatic nitrogens is 4. The molecule has 1 fully saturated rings. The molecule has 0 spiro atoms. The smallest absolute Gasteiger partial charge is 0.423 e. The zero-order chi connectivity index (χ0) is 53.2. The molecule has 0 saturated carbocycles. The van der Waals surface area contributed by atoms with E-state index in [0.29, 0.717) is 18.7 Å². The number of benzene rings is 2. The topological polar surface area (TPSA) is 116 Å². The number of unbranched alkanes of at least 4 members (excludes halogenated alkanes) is 12. The van der Waals surface area contributed by atoms with E-state index >= 15 is 0 Å². The predicted octanol–water partition coefficient (Wildman–Crippen LogP) is 17.1. The molecule has 8 nitrogen and oxygen atoms in total. The first-order valence-electron chi connectivity index (χ1n) is 29.3. The molecule has 8 rings (SSSR count). The second-order valence-electron chi connectivity index (χ2n) is 23.0. The van der Waals surface area contributed by atoms with E-state index in [2.05, 4.69) is 116 Å². The lowest BCUT2D eigenvalue weighted by Crippen LogP contribution is -2.33. The average molecular weight is 1010 g/mol. The Bertz CT molecular complexity index is 2840. The van der Waals surface area contributed by atoms with Crippen LogP contribution in [0.2, 0.25) is 0 Å². The summed E-state index contributed by atoms with van der Waals surface area (Å²) >= 11 is 0. The van der Waals surface area contributed by atoms with Crippen LogP contribution in [0.3, 0.4) is 0 Å². The Balaban J connectivity index is 1.51. The van der Waals surface area contributed by atoms with Crippen molar-refractivity contribution in [3.63, 3.8) is 0 Å². The molecule has 3 aliphatic heterocycles. The molecule has 400 valence electrons. The Labute approximate surface area is 450 Å². The number of hydrogen-bond donors (Lipinski definition) is 4. The minimum Gasteiger partial charge on any atom is -0.423 e. The van der Waals surface area contributed by atoms with Crippen LogP contribution in [0.25, 0.3) is 66.6 Å². The number of fused-ring (bicyclic) bond motifs is 8. The summed E-state index contributed by atoms with van der Waals surface area (Å²) in [6.07, 6.45) is 22.1. The van der Waals surface area contributed by atoms with E-state index in [0.717, 1.165) is 118 Å². The molecule has 9 heteroatoms. The van der Waals surface area contributed by atoms with Gasteiger partial charge in [0, 0.05) is 33.1 Å². The van der Waals surface area contributed by atoms with Crippen molar-refractivity contribution in [2.75, 3.05) is 13.2 Å². The fourth-order valence-corrected chi connectivity index (χ4v) is 11.8. The second kappa shape index (κ2) is 25.9. The van der Waals surface area contributed by atoms with Crippen molar-refractivity contribution in [3.05, 3.63) is 111 Å². The van der Waals surface area contributed by atoms with Crippen LogP contribution in [0.15, 0.2) is 60.7 Å². The maximum Gasteiger partial charge on any atom is 0.488 e. The van der Waals surface area contributed by atoms with Gasteiger partial charge in [-0.15, -0.1) is 0 Å². The summed E-state index contributed by atoms with van der Waals surface area (Å²) in [5.41, 5.74) is 24.4. The first-order chi connectivity index (χ1) is 36.3. The van der Waals surface area contributed by atoms with Gasteiger partial charge in [0.05, 0.1) is 47.0 Å². The summed E-state index contributed by atoms with van der Waals surface area (Å²) in [4.78, 5) is 19.9. The first-order valence-corrected chi connectivity index (χ1v) is 29.3. The normalized spacial score (nSPS) is 14.9. The predicted molar refractivity (Wildman–Crippen MR) is 318 cm³/mol. The van der Waals surface area contributed by atoms with Crippen molar-refractivity contribution in [1.82, 2.24) is 19.9 Å². The lowest BCUT2D eigenvalue weighted by atomic mass is 9.79. The lowest BCUT2D eigenvalue weighted by Gasteiger charge is -2.34. The van der Waals surface area contributed by atoms with Crippen molar-refractivity contribution in [2.24, 2.45) is 5.41 Å². The Hall–Kier alpha value is -5.06. The molecule has 1 saturated heterocycles. The van der Waals surface area contributed by atoms with Crippen molar-refractivity contribution in [3.8, 4) is 22.3 Å². The Kier molecular flexibility index (Phi) is 19.4. The van der Waals surface area contributed by atoms with E-state index in [1.54, 1.807) is 0 Å². The van der Waals surface area contributed by atoms with Gasteiger partial charge in [0.2, 0.25) is 0 Å². The Morgan fingerprint density at radius 2 is 0.933 bits per heavy atom. The summed E-state index contributed by atoms with van der Waals surface area (Å²) in [7, 11) is -1.56. The van der Waals surface area contributed by atoms with Gasteiger partial charge in [0.15, 0.2) is 6.29 Å². The number of aryl methyl sites for hydroxylation is 4. The second-order valence-corrected chi connectivity index (χ2v) is 23.0. The molecule has 0 atom stereocenters. The highest BCUT2D eigenvalue weighted by Gasteiger charge is 2.31. The molecule has 0 unspecified atom stereocenters. The number of H-pyrrole nitrogens is 2. The molecule has 8 bridgehead atoms. The van der Waals surface area contributed by atoms with Crippen LogP contribution >= 0.6 is 0 Å². The highest BCUT2D eigenvalue weighted by Crippen LogP contribution is 2.45. The van der Waals surface area contributed by atoms with Crippen LogP contribution in [0, 0.1) is 19.3 Å². The molecule has 0 aliphatic carbocycles. The van der Waals surface area contributed by atoms with Crippen LogP contribution in [0.5, 0.6) is 0 Å². The van der Waals surface area contributed by atoms with Crippen LogP contribution in [-0.2, 0) is 22.3 Å². The van der Waals surface area contributed by atoms with E-state index in [4.69, 9.17) is 19.4 Å². The van der Waals surface area contributed by atoms with Crippen molar-refractivity contribution >= 4 is 56.9 Å². The third-order valence-corrected chi connectivity index (χ3v) is 16.4. The summed E-state index contributed by atoms with van der Waals surface area (Å²) < 4.78 is 12.6. The third kappa shape index (κ3) is 12.9. The van der Waals surface area contributed by atoms with Gasteiger partial charge in [-0.25, -0.2) is 9.97 Å². The molecule has 75 heavy (non-hydrogen) atoms. The maximum atomic E-state index is 10.3. The third-order valence-electron chi connectivity index (χ3n) is 16.4. The first kappa shape index (κ1) is 56.2. The summed E-state index contributed by atoms with van der Waals surface area (Å²) in [6, 6.07) is 21.5. The number of nitrogens with zero attached hydrogens (tertiary/aromatic N) is 2. The van der Waals surface area contributed by atoms with Gasteiger partial charge in [-0.05, 0) is 152 Å². The number of nitrogens with one attached hydrogen (secondary N) is 2. The Morgan fingerprint density at radius 1 is 0.533 bits per heavy atom. The van der Waals surface area contributed by atoms with E-state index in [-0.39, 0.29) is 5.41 Å². The van der Waals surface area contributed by atoms with E-state index < -0.39 is 13.4 Å². The summed E-state index contributed by atoms with van der Waals surface area (Å²) in [5.74, 6) is 0. The molecule has 6 heterocycles. The highest BCUT2D eigenvalue weighted by atomic mass is 16.7. The highest BCUT2D eigenvalue weighted by molar-refractivity contribution is 6.58. The largest absolute Gasteiger partial charge is 0.488 e. The van der Waals surface area contributed by atoms with Gasteiger partial charge in [-0.2, -0.15) is 0 Å². The minimum atomic E-state index is -1.56. The van der Waals surface area contributed by atoms with Crippen LogP contribution in [0.4, 0.5) is 0 Å². The molecule has 0 radical (unpaired) electrons. The van der Waals surface area contributed by atoms with Crippen LogP contribution in [-0.4, -0.2) is 50.3 Å². The average Bonchev–Trinajstić information content (AvgIpc) is 4.08. The molecule has 0 amide bonds. The van der Waals surface area contributed by atoms with Gasteiger partial charge in [-0.3, -0.25) is 0 Å². The van der Waals surface area contributed by atoms with Crippen molar-refractivity contribution < 1.29 is 19.5 Å². The van der Waals surface area contributed by atoms with Gasteiger partial charge in [0.25, 0.3) is 0 Å². The monoisotopic (exact) mass is 1010 g/mol. The van der Waals surface area contributed by atoms with Gasteiger partial charge < -0.3 is 29.5 Å². The SMILES string of the molecule is CCCCCCC1=C(C)c2nc1cc1[nH]c(c(C)c1CCCCCC)c(-c1ccc(C3OCC(C)(C)CO3)cc1)c1[nH]c(cc3nc(c2-c2ccc(B(O)O)cc2)C(C)=C3CCCCCC)c(CCCCCC)c1C. The summed E-state index contributed by atoms with van der Waals surface area (Å²) in [6.45, 7) is 24.1.